The van der Waals surface area contributed by atoms with E-state index in [1.54, 1.807) is 6.07 Å². The lowest BCUT2D eigenvalue weighted by Crippen LogP contribution is -2.42. The van der Waals surface area contributed by atoms with Gasteiger partial charge >= 0.3 is 12.1 Å². The highest BCUT2D eigenvalue weighted by atomic mass is 19.4. The molecule has 3 aromatic rings. The Morgan fingerprint density at radius 3 is 2.18 bits per heavy atom. The molecule has 7 heteroatoms. The molecule has 0 bridgehead atoms. The van der Waals surface area contributed by atoms with Gasteiger partial charge in [0.25, 0.3) is 5.91 Å². The minimum Gasteiger partial charge on any atom is -0.480 e. The van der Waals surface area contributed by atoms with Gasteiger partial charge in [-0.1, -0.05) is 42.5 Å². The summed E-state index contributed by atoms with van der Waals surface area (Å²) in [5, 5.41) is 13.7. The average molecular weight is 387 g/mol. The predicted octanol–water partition coefficient (Wildman–Crippen LogP) is 4.28. The number of carboxylic acids is 1. The third-order valence-corrected chi connectivity index (χ3v) is 4.33. The molecule has 1 atom stereocenters. The Morgan fingerprint density at radius 2 is 1.57 bits per heavy atom. The van der Waals surface area contributed by atoms with Crippen molar-refractivity contribution in [3.63, 3.8) is 0 Å². The van der Waals surface area contributed by atoms with Gasteiger partial charge in [0.05, 0.1) is 5.56 Å². The molecule has 0 radical (unpaired) electrons. The van der Waals surface area contributed by atoms with Crippen molar-refractivity contribution in [3.05, 3.63) is 83.4 Å². The van der Waals surface area contributed by atoms with Gasteiger partial charge in [0.1, 0.15) is 6.04 Å². The SMILES string of the molecule is O=C(N[C@@H](Cc1ccc2ccccc2c1)C(=O)O)c1ccc(C(F)(F)F)cc1. The fourth-order valence-corrected chi connectivity index (χ4v) is 2.85. The number of nitrogens with one attached hydrogen (secondary N) is 1. The Bertz CT molecular complexity index is 1010. The van der Waals surface area contributed by atoms with Crippen LogP contribution in [0.1, 0.15) is 21.5 Å². The molecule has 1 amide bonds. The zero-order valence-corrected chi connectivity index (χ0v) is 14.5. The molecule has 0 aliphatic carbocycles. The molecule has 0 aromatic heterocycles. The molecule has 0 spiro atoms. The number of amides is 1. The number of halogens is 3. The smallest absolute Gasteiger partial charge is 0.416 e. The summed E-state index contributed by atoms with van der Waals surface area (Å²) in [6.45, 7) is 0. The normalized spacial score (nSPS) is 12.5. The van der Waals surface area contributed by atoms with Gasteiger partial charge in [-0.2, -0.15) is 13.2 Å². The molecule has 0 fully saturated rings. The number of alkyl halides is 3. The Morgan fingerprint density at radius 1 is 0.929 bits per heavy atom. The quantitative estimate of drug-likeness (QED) is 0.687. The van der Waals surface area contributed by atoms with Crippen molar-refractivity contribution in [1.29, 1.82) is 0 Å². The van der Waals surface area contributed by atoms with Crippen LogP contribution in [0.2, 0.25) is 0 Å². The predicted molar refractivity (Wildman–Crippen MR) is 98.0 cm³/mol. The van der Waals surface area contributed by atoms with Gasteiger partial charge in [0.2, 0.25) is 0 Å². The summed E-state index contributed by atoms with van der Waals surface area (Å²) in [7, 11) is 0. The highest BCUT2D eigenvalue weighted by molar-refractivity contribution is 5.96. The molecule has 28 heavy (non-hydrogen) atoms. The number of fused-ring (bicyclic) bond motifs is 1. The van der Waals surface area contributed by atoms with E-state index in [-0.39, 0.29) is 12.0 Å². The minimum atomic E-state index is -4.51. The van der Waals surface area contributed by atoms with Crippen molar-refractivity contribution in [2.24, 2.45) is 0 Å². The molecule has 144 valence electrons. The monoisotopic (exact) mass is 387 g/mol. The minimum absolute atomic E-state index is 0.0437. The van der Waals surface area contributed by atoms with Crippen LogP contribution in [0.25, 0.3) is 10.8 Å². The van der Waals surface area contributed by atoms with E-state index in [4.69, 9.17) is 0 Å². The number of hydrogen-bond donors (Lipinski definition) is 2. The lowest BCUT2D eigenvalue weighted by Gasteiger charge is -2.15. The van der Waals surface area contributed by atoms with Gasteiger partial charge in [-0.3, -0.25) is 4.79 Å². The van der Waals surface area contributed by atoms with Crippen molar-refractivity contribution < 1.29 is 27.9 Å². The van der Waals surface area contributed by atoms with E-state index in [0.29, 0.717) is 0 Å². The van der Waals surface area contributed by atoms with Crippen LogP contribution in [0.15, 0.2) is 66.7 Å². The summed E-state index contributed by atoms with van der Waals surface area (Å²) >= 11 is 0. The number of carbonyl (C=O) groups excluding carboxylic acids is 1. The Hall–Kier alpha value is -3.35. The summed E-state index contributed by atoms with van der Waals surface area (Å²) in [5.41, 5.74) is -0.202. The zero-order valence-electron chi connectivity index (χ0n) is 14.5. The number of carboxylic acid groups (broad SMARTS) is 1. The standard InChI is InChI=1S/C21H16F3NO3/c22-21(23,24)17-9-7-15(8-10-17)19(26)25-18(20(27)28)12-13-5-6-14-3-1-2-4-16(14)11-13/h1-11,18H,12H2,(H,25,26)(H,27,28)/t18-/m0/s1. The molecule has 0 saturated heterocycles. The molecule has 3 rings (SSSR count). The number of aliphatic carboxylic acids is 1. The van der Waals surface area contributed by atoms with Gasteiger partial charge in [-0.05, 0) is 40.6 Å². The molecule has 3 aromatic carbocycles. The maximum Gasteiger partial charge on any atom is 0.416 e. The first-order valence-electron chi connectivity index (χ1n) is 8.42. The molecule has 4 nitrogen and oxygen atoms in total. The molecule has 0 heterocycles. The van der Waals surface area contributed by atoms with Crippen molar-refractivity contribution >= 4 is 22.6 Å². The first kappa shape index (κ1) is 19.4. The number of hydrogen-bond acceptors (Lipinski definition) is 2. The van der Waals surface area contributed by atoms with Crippen LogP contribution < -0.4 is 5.32 Å². The van der Waals surface area contributed by atoms with E-state index in [0.717, 1.165) is 40.6 Å². The van der Waals surface area contributed by atoms with E-state index in [9.17, 15) is 27.9 Å². The van der Waals surface area contributed by atoms with Gasteiger partial charge < -0.3 is 10.4 Å². The Kier molecular flexibility index (Phi) is 5.35. The molecule has 0 aliphatic rings. The molecular formula is C21H16F3NO3. The first-order valence-corrected chi connectivity index (χ1v) is 8.42. The Balaban J connectivity index is 1.75. The molecule has 0 aliphatic heterocycles. The van der Waals surface area contributed by atoms with Gasteiger partial charge in [-0.25, -0.2) is 4.79 Å². The van der Waals surface area contributed by atoms with Crippen LogP contribution in [-0.2, 0) is 17.4 Å². The third kappa shape index (κ3) is 4.49. The van der Waals surface area contributed by atoms with Crippen molar-refractivity contribution in [2.75, 3.05) is 0 Å². The van der Waals surface area contributed by atoms with Crippen molar-refractivity contribution in [1.82, 2.24) is 5.32 Å². The number of carbonyl (C=O) groups is 2. The highest BCUT2D eigenvalue weighted by Gasteiger charge is 2.30. The van der Waals surface area contributed by atoms with Crippen LogP contribution in [-0.4, -0.2) is 23.0 Å². The third-order valence-electron chi connectivity index (χ3n) is 4.33. The summed E-state index contributed by atoms with van der Waals surface area (Å²) in [4.78, 5) is 23.8. The second-order valence-corrected chi connectivity index (χ2v) is 6.33. The highest BCUT2D eigenvalue weighted by Crippen LogP contribution is 2.29. The molecule has 0 saturated carbocycles. The van der Waals surface area contributed by atoms with E-state index < -0.39 is 29.7 Å². The fourth-order valence-electron chi connectivity index (χ4n) is 2.85. The lowest BCUT2D eigenvalue weighted by atomic mass is 10.0. The summed E-state index contributed by atoms with van der Waals surface area (Å²) in [5.74, 6) is -1.98. The fraction of sp³-hybridized carbons (Fsp3) is 0.143. The van der Waals surface area contributed by atoms with Gasteiger partial charge in [0, 0.05) is 12.0 Å². The number of rotatable bonds is 5. The maximum absolute atomic E-state index is 12.6. The second kappa shape index (κ2) is 7.72. The van der Waals surface area contributed by atoms with E-state index >= 15 is 0 Å². The average Bonchev–Trinajstić information content (AvgIpc) is 2.66. The lowest BCUT2D eigenvalue weighted by molar-refractivity contribution is -0.139. The van der Waals surface area contributed by atoms with Gasteiger partial charge in [-0.15, -0.1) is 0 Å². The topological polar surface area (TPSA) is 66.4 Å². The van der Waals surface area contributed by atoms with Crippen molar-refractivity contribution in [2.45, 2.75) is 18.6 Å². The van der Waals surface area contributed by atoms with Gasteiger partial charge in [0.15, 0.2) is 0 Å². The van der Waals surface area contributed by atoms with Crippen LogP contribution in [0.5, 0.6) is 0 Å². The molecule has 0 unspecified atom stereocenters. The van der Waals surface area contributed by atoms with Crippen molar-refractivity contribution in [3.8, 4) is 0 Å². The summed E-state index contributed by atoms with van der Waals surface area (Å²) < 4.78 is 37.8. The maximum atomic E-state index is 12.6. The van der Waals surface area contributed by atoms with E-state index in [2.05, 4.69) is 5.32 Å². The second-order valence-electron chi connectivity index (χ2n) is 6.33. The molecular weight excluding hydrogens is 371 g/mol. The van der Waals surface area contributed by atoms with Crippen LogP contribution in [0.4, 0.5) is 13.2 Å². The largest absolute Gasteiger partial charge is 0.480 e. The number of benzene rings is 3. The first-order chi connectivity index (χ1) is 13.2. The van der Waals surface area contributed by atoms with Crippen LogP contribution in [0, 0.1) is 0 Å². The van der Waals surface area contributed by atoms with Crippen LogP contribution in [0.3, 0.4) is 0 Å². The van der Waals surface area contributed by atoms with Crippen LogP contribution >= 0.6 is 0 Å². The molecule has 2 N–H and O–H groups in total. The zero-order chi connectivity index (χ0) is 20.3. The summed E-state index contributed by atoms with van der Waals surface area (Å²) in [6, 6.07) is 15.5. The van der Waals surface area contributed by atoms with E-state index in [1.165, 1.54) is 0 Å². The Labute approximate surface area is 158 Å². The summed E-state index contributed by atoms with van der Waals surface area (Å²) in [6.07, 6.45) is -4.46. The van der Waals surface area contributed by atoms with E-state index in [1.807, 2.05) is 36.4 Å².